The number of nitrogen functional groups attached to an aromatic ring is 1. The third kappa shape index (κ3) is 2.87. The van der Waals surface area contributed by atoms with E-state index in [-0.39, 0.29) is 5.82 Å². The molecule has 3 heteroatoms. The first-order valence-electron chi connectivity index (χ1n) is 5.96. The van der Waals surface area contributed by atoms with Crippen LogP contribution in [0.25, 0.3) is 0 Å². The van der Waals surface area contributed by atoms with E-state index in [9.17, 15) is 4.39 Å². The van der Waals surface area contributed by atoms with Gasteiger partial charge in [0.15, 0.2) is 0 Å². The minimum Gasteiger partial charge on any atom is -0.397 e. The molecule has 1 aliphatic rings. The summed E-state index contributed by atoms with van der Waals surface area (Å²) < 4.78 is 13.2. The van der Waals surface area contributed by atoms with E-state index in [1.54, 1.807) is 13.0 Å². The maximum absolute atomic E-state index is 13.2. The van der Waals surface area contributed by atoms with Crippen molar-refractivity contribution >= 4 is 11.4 Å². The molecule has 0 saturated heterocycles. The Kier molecular flexibility index (Phi) is 3.32. The summed E-state index contributed by atoms with van der Waals surface area (Å²) in [7, 11) is 0. The van der Waals surface area contributed by atoms with Gasteiger partial charge in [-0.3, -0.25) is 0 Å². The second-order valence-electron chi connectivity index (χ2n) is 4.70. The molecule has 88 valence electrons. The van der Waals surface area contributed by atoms with Crippen molar-refractivity contribution in [2.24, 2.45) is 5.92 Å². The van der Waals surface area contributed by atoms with Gasteiger partial charge in [-0.15, -0.1) is 0 Å². The Balaban J connectivity index is 1.85. The van der Waals surface area contributed by atoms with E-state index in [0.29, 0.717) is 11.3 Å². The highest BCUT2D eigenvalue weighted by atomic mass is 19.1. The van der Waals surface area contributed by atoms with Crippen molar-refractivity contribution in [2.75, 3.05) is 17.6 Å². The third-order valence-corrected chi connectivity index (χ3v) is 3.13. The predicted octanol–water partition coefficient (Wildman–Crippen LogP) is 3.32. The maximum Gasteiger partial charge on any atom is 0.128 e. The largest absolute Gasteiger partial charge is 0.397 e. The fraction of sp³-hybridized carbons (Fsp3) is 0.538. The molecule has 0 amide bonds. The molecule has 0 heterocycles. The summed E-state index contributed by atoms with van der Waals surface area (Å²) in [5, 5.41) is 3.27. The zero-order valence-electron chi connectivity index (χ0n) is 9.72. The van der Waals surface area contributed by atoms with Crippen molar-refractivity contribution < 1.29 is 4.39 Å². The van der Waals surface area contributed by atoms with Gasteiger partial charge < -0.3 is 11.1 Å². The molecule has 1 aromatic rings. The quantitative estimate of drug-likeness (QED) is 0.592. The number of rotatable bonds is 5. The molecule has 0 aliphatic heterocycles. The topological polar surface area (TPSA) is 38.0 Å². The summed E-state index contributed by atoms with van der Waals surface area (Å²) in [6.45, 7) is 2.68. The van der Waals surface area contributed by atoms with E-state index < -0.39 is 0 Å². The van der Waals surface area contributed by atoms with Crippen LogP contribution in [0, 0.1) is 18.7 Å². The Morgan fingerprint density at radius 2 is 2.19 bits per heavy atom. The Bertz CT molecular complexity index is 372. The van der Waals surface area contributed by atoms with Gasteiger partial charge in [0, 0.05) is 6.54 Å². The highest BCUT2D eigenvalue weighted by Crippen LogP contribution is 2.33. The van der Waals surface area contributed by atoms with Crippen LogP contribution in [0.15, 0.2) is 12.1 Å². The zero-order valence-corrected chi connectivity index (χ0v) is 9.72. The van der Waals surface area contributed by atoms with Gasteiger partial charge in [-0.2, -0.15) is 0 Å². The van der Waals surface area contributed by atoms with Gasteiger partial charge >= 0.3 is 0 Å². The van der Waals surface area contributed by atoms with Gasteiger partial charge in [-0.1, -0.05) is 12.8 Å². The van der Waals surface area contributed by atoms with Gasteiger partial charge in [0.05, 0.1) is 11.4 Å². The van der Waals surface area contributed by atoms with Crippen LogP contribution in [0.2, 0.25) is 0 Å². The van der Waals surface area contributed by atoms with Crippen molar-refractivity contribution in [1.29, 1.82) is 0 Å². The first-order chi connectivity index (χ1) is 7.66. The Morgan fingerprint density at radius 1 is 1.44 bits per heavy atom. The molecule has 1 aliphatic carbocycles. The number of hydrogen-bond donors (Lipinski definition) is 2. The lowest BCUT2D eigenvalue weighted by Crippen LogP contribution is -2.05. The molecule has 0 atom stereocenters. The smallest absolute Gasteiger partial charge is 0.128 e. The molecule has 2 rings (SSSR count). The zero-order chi connectivity index (χ0) is 11.5. The average molecular weight is 222 g/mol. The highest BCUT2D eigenvalue weighted by Gasteiger charge is 2.19. The molecule has 0 radical (unpaired) electrons. The van der Waals surface area contributed by atoms with E-state index in [4.69, 9.17) is 5.73 Å². The first-order valence-corrected chi connectivity index (χ1v) is 5.96. The summed E-state index contributed by atoms with van der Waals surface area (Å²) in [6.07, 6.45) is 5.27. The van der Waals surface area contributed by atoms with Crippen molar-refractivity contribution in [2.45, 2.75) is 32.6 Å². The normalized spacial score (nSPS) is 15.1. The van der Waals surface area contributed by atoms with Crippen LogP contribution in [-0.4, -0.2) is 6.54 Å². The minimum absolute atomic E-state index is 0.235. The standard InChI is InChI=1S/C13H19FN2/c1-9-7-13(12(15)8-11(9)14)16-6-2-3-10-4-5-10/h7-8,10,16H,2-6,15H2,1H3. The molecular formula is C13H19FN2. The van der Waals surface area contributed by atoms with Crippen LogP contribution in [0.3, 0.4) is 0 Å². The Hall–Kier alpha value is -1.25. The van der Waals surface area contributed by atoms with E-state index in [1.807, 2.05) is 0 Å². The first kappa shape index (κ1) is 11.2. The molecule has 1 aromatic carbocycles. The lowest BCUT2D eigenvalue weighted by Gasteiger charge is -2.10. The SMILES string of the molecule is Cc1cc(NCCCC2CC2)c(N)cc1F. The number of hydrogen-bond acceptors (Lipinski definition) is 2. The Labute approximate surface area is 96.0 Å². The van der Waals surface area contributed by atoms with Gasteiger partial charge in [0.2, 0.25) is 0 Å². The summed E-state index contributed by atoms with van der Waals surface area (Å²) in [6, 6.07) is 3.17. The molecule has 1 fully saturated rings. The lowest BCUT2D eigenvalue weighted by atomic mass is 10.1. The third-order valence-electron chi connectivity index (χ3n) is 3.13. The molecule has 16 heavy (non-hydrogen) atoms. The number of anilines is 2. The van der Waals surface area contributed by atoms with Gasteiger partial charge in [-0.05, 0) is 43.4 Å². The number of nitrogens with one attached hydrogen (secondary N) is 1. The Morgan fingerprint density at radius 3 is 2.88 bits per heavy atom. The second-order valence-corrected chi connectivity index (χ2v) is 4.70. The van der Waals surface area contributed by atoms with E-state index in [2.05, 4.69) is 5.32 Å². The van der Waals surface area contributed by atoms with Crippen LogP contribution in [0.1, 0.15) is 31.2 Å². The van der Waals surface area contributed by atoms with E-state index >= 15 is 0 Å². The monoisotopic (exact) mass is 222 g/mol. The van der Waals surface area contributed by atoms with Crippen LogP contribution in [0.4, 0.5) is 15.8 Å². The second kappa shape index (κ2) is 4.73. The number of benzene rings is 1. The fourth-order valence-electron chi connectivity index (χ4n) is 1.87. The van der Waals surface area contributed by atoms with Crippen molar-refractivity contribution in [3.63, 3.8) is 0 Å². The molecular weight excluding hydrogens is 203 g/mol. The number of nitrogens with two attached hydrogens (primary N) is 1. The molecule has 3 N–H and O–H groups in total. The average Bonchev–Trinajstić information content (AvgIpc) is 3.04. The fourth-order valence-corrected chi connectivity index (χ4v) is 1.87. The van der Waals surface area contributed by atoms with E-state index in [1.165, 1.54) is 31.7 Å². The van der Waals surface area contributed by atoms with Crippen LogP contribution >= 0.6 is 0 Å². The molecule has 0 aromatic heterocycles. The maximum atomic E-state index is 13.2. The number of halogens is 1. The number of aryl methyl sites for hydroxylation is 1. The van der Waals surface area contributed by atoms with Crippen LogP contribution in [0.5, 0.6) is 0 Å². The molecule has 0 unspecified atom stereocenters. The van der Waals surface area contributed by atoms with E-state index in [0.717, 1.165) is 18.2 Å². The molecule has 0 spiro atoms. The van der Waals surface area contributed by atoms with Crippen molar-refractivity contribution in [3.8, 4) is 0 Å². The van der Waals surface area contributed by atoms with Gasteiger partial charge in [0.25, 0.3) is 0 Å². The summed E-state index contributed by atoms with van der Waals surface area (Å²) >= 11 is 0. The van der Waals surface area contributed by atoms with Gasteiger partial charge in [0.1, 0.15) is 5.82 Å². The summed E-state index contributed by atoms with van der Waals surface area (Å²) in [5.41, 5.74) is 7.73. The van der Waals surface area contributed by atoms with Gasteiger partial charge in [-0.25, -0.2) is 4.39 Å². The minimum atomic E-state index is -0.235. The van der Waals surface area contributed by atoms with Crippen LogP contribution in [-0.2, 0) is 0 Å². The molecule has 1 saturated carbocycles. The summed E-state index contributed by atoms with van der Waals surface area (Å²) in [4.78, 5) is 0. The lowest BCUT2D eigenvalue weighted by molar-refractivity contribution is 0.619. The molecule has 0 bridgehead atoms. The van der Waals surface area contributed by atoms with Crippen molar-refractivity contribution in [3.05, 3.63) is 23.5 Å². The summed E-state index contributed by atoms with van der Waals surface area (Å²) in [5.74, 6) is 0.732. The molecule has 2 nitrogen and oxygen atoms in total. The van der Waals surface area contributed by atoms with Crippen molar-refractivity contribution in [1.82, 2.24) is 0 Å². The highest BCUT2D eigenvalue weighted by molar-refractivity contribution is 5.67. The predicted molar refractivity (Wildman–Crippen MR) is 66.0 cm³/mol. The van der Waals surface area contributed by atoms with Crippen LogP contribution < -0.4 is 11.1 Å².